The molecular formula is C20H27NO4. The summed E-state index contributed by atoms with van der Waals surface area (Å²) in [4.78, 5) is 25.1. The van der Waals surface area contributed by atoms with Gasteiger partial charge in [-0.15, -0.1) is 0 Å². The van der Waals surface area contributed by atoms with E-state index in [-0.39, 0.29) is 17.0 Å². The first-order chi connectivity index (χ1) is 11.6. The van der Waals surface area contributed by atoms with E-state index in [4.69, 9.17) is 5.11 Å². The van der Waals surface area contributed by atoms with Gasteiger partial charge in [0, 0.05) is 35.2 Å². The van der Waals surface area contributed by atoms with Gasteiger partial charge >= 0.3 is 11.9 Å². The Morgan fingerprint density at radius 3 is 2.28 bits per heavy atom. The van der Waals surface area contributed by atoms with Crippen molar-refractivity contribution in [1.29, 1.82) is 0 Å². The third-order valence-electron chi connectivity index (χ3n) is 5.41. The van der Waals surface area contributed by atoms with E-state index in [0.717, 1.165) is 18.1 Å². The van der Waals surface area contributed by atoms with Crippen LogP contribution in [-0.4, -0.2) is 38.1 Å². The standard InChI is InChI=1S/C20H27NO4/c1-19(2)11-10-16(15(18(24)25)12-17(22)23)20(3,4)21(19)13-14-8-6-5-7-9-14/h5-9,12,16H,10-11,13H2,1-4H3,(H,22,23)(H,24,25)/b15-12-. The van der Waals surface area contributed by atoms with Gasteiger partial charge in [-0.3, -0.25) is 4.90 Å². The Bertz CT molecular complexity index is 676. The van der Waals surface area contributed by atoms with Crippen LogP contribution in [0.15, 0.2) is 42.0 Å². The van der Waals surface area contributed by atoms with E-state index in [1.54, 1.807) is 0 Å². The van der Waals surface area contributed by atoms with Gasteiger partial charge in [0.1, 0.15) is 0 Å². The summed E-state index contributed by atoms with van der Waals surface area (Å²) in [5.41, 5.74) is 0.536. The van der Waals surface area contributed by atoms with E-state index in [2.05, 4.69) is 30.9 Å². The maximum absolute atomic E-state index is 11.7. The number of aliphatic carboxylic acids is 2. The van der Waals surface area contributed by atoms with Crippen molar-refractivity contribution in [2.45, 2.75) is 58.2 Å². The summed E-state index contributed by atoms with van der Waals surface area (Å²) in [5.74, 6) is -2.72. The largest absolute Gasteiger partial charge is 0.478 e. The van der Waals surface area contributed by atoms with Crippen LogP contribution in [0.3, 0.4) is 0 Å². The second kappa shape index (κ2) is 7.00. The third-order valence-corrected chi connectivity index (χ3v) is 5.41. The molecule has 5 heteroatoms. The topological polar surface area (TPSA) is 77.8 Å². The molecule has 136 valence electrons. The molecular weight excluding hydrogens is 318 g/mol. The lowest BCUT2D eigenvalue weighted by Gasteiger charge is -2.57. The summed E-state index contributed by atoms with van der Waals surface area (Å²) in [7, 11) is 0. The van der Waals surface area contributed by atoms with E-state index in [9.17, 15) is 14.7 Å². The van der Waals surface area contributed by atoms with Crippen molar-refractivity contribution in [3.63, 3.8) is 0 Å². The first-order valence-electron chi connectivity index (χ1n) is 8.55. The highest BCUT2D eigenvalue weighted by Gasteiger charge is 2.49. The number of carbonyl (C=O) groups is 2. The number of likely N-dealkylation sites (tertiary alicyclic amines) is 1. The Morgan fingerprint density at radius 1 is 1.16 bits per heavy atom. The van der Waals surface area contributed by atoms with Gasteiger partial charge in [-0.2, -0.15) is 0 Å². The number of carboxylic acids is 2. The molecule has 0 radical (unpaired) electrons. The summed E-state index contributed by atoms with van der Waals surface area (Å²) in [6.45, 7) is 9.04. The number of nitrogens with zero attached hydrogens (tertiary/aromatic N) is 1. The molecule has 1 unspecified atom stereocenters. The quantitative estimate of drug-likeness (QED) is 0.798. The summed E-state index contributed by atoms with van der Waals surface area (Å²) in [6, 6.07) is 10.1. The van der Waals surface area contributed by atoms with Crippen LogP contribution in [0.5, 0.6) is 0 Å². The lowest BCUT2D eigenvalue weighted by molar-refractivity contribution is -0.137. The highest BCUT2D eigenvalue weighted by atomic mass is 16.4. The third kappa shape index (κ3) is 4.10. The highest BCUT2D eigenvalue weighted by molar-refractivity contribution is 5.95. The van der Waals surface area contributed by atoms with Crippen molar-refractivity contribution in [3.8, 4) is 0 Å². The van der Waals surface area contributed by atoms with Gasteiger partial charge in [0.15, 0.2) is 0 Å². The van der Waals surface area contributed by atoms with Crippen LogP contribution in [0.25, 0.3) is 0 Å². The molecule has 1 fully saturated rings. The Kier molecular flexibility index (Phi) is 5.37. The molecule has 1 aromatic rings. The molecule has 1 aromatic carbocycles. The zero-order valence-corrected chi connectivity index (χ0v) is 15.3. The number of carboxylic acid groups (broad SMARTS) is 2. The minimum absolute atomic E-state index is 0.0222. The molecule has 1 aliphatic rings. The Morgan fingerprint density at radius 2 is 1.76 bits per heavy atom. The smallest absolute Gasteiger partial charge is 0.332 e. The van der Waals surface area contributed by atoms with E-state index in [1.807, 2.05) is 32.0 Å². The number of hydrogen-bond donors (Lipinski definition) is 2. The fourth-order valence-corrected chi connectivity index (χ4v) is 4.12. The van der Waals surface area contributed by atoms with Crippen molar-refractivity contribution >= 4 is 11.9 Å². The minimum atomic E-state index is -1.22. The second-order valence-electron chi connectivity index (χ2n) is 7.87. The molecule has 0 saturated carbocycles. The molecule has 25 heavy (non-hydrogen) atoms. The maximum Gasteiger partial charge on any atom is 0.332 e. The lowest BCUT2D eigenvalue weighted by atomic mass is 9.69. The molecule has 2 N–H and O–H groups in total. The molecule has 1 aliphatic heterocycles. The highest BCUT2D eigenvalue weighted by Crippen LogP contribution is 2.45. The van der Waals surface area contributed by atoms with Crippen molar-refractivity contribution in [3.05, 3.63) is 47.5 Å². The molecule has 0 spiro atoms. The van der Waals surface area contributed by atoms with E-state index in [0.29, 0.717) is 13.0 Å². The monoisotopic (exact) mass is 345 g/mol. The molecule has 0 aromatic heterocycles. The fourth-order valence-electron chi connectivity index (χ4n) is 4.12. The van der Waals surface area contributed by atoms with Crippen LogP contribution >= 0.6 is 0 Å². The normalized spacial score (nSPS) is 23.2. The van der Waals surface area contributed by atoms with Crippen LogP contribution in [0.1, 0.15) is 46.1 Å². The van der Waals surface area contributed by atoms with E-state index < -0.39 is 17.5 Å². The molecule has 1 atom stereocenters. The fraction of sp³-hybridized carbons (Fsp3) is 0.500. The molecule has 1 saturated heterocycles. The maximum atomic E-state index is 11.7. The number of hydrogen-bond acceptors (Lipinski definition) is 3. The zero-order chi connectivity index (χ0) is 18.8. The first-order valence-corrected chi connectivity index (χ1v) is 8.55. The van der Waals surface area contributed by atoms with Crippen molar-refractivity contribution in [2.24, 2.45) is 5.92 Å². The average molecular weight is 345 g/mol. The Balaban J connectivity index is 2.43. The lowest BCUT2D eigenvalue weighted by Crippen LogP contribution is -2.62. The van der Waals surface area contributed by atoms with E-state index in [1.165, 1.54) is 0 Å². The van der Waals surface area contributed by atoms with Crippen LogP contribution in [0.2, 0.25) is 0 Å². The second-order valence-corrected chi connectivity index (χ2v) is 7.87. The molecule has 0 aliphatic carbocycles. The summed E-state index contributed by atoms with van der Waals surface area (Å²) in [5, 5.41) is 18.6. The van der Waals surface area contributed by atoms with Gasteiger partial charge in [0.2, 0.25) is 0 Å². The van der Waals surface area contributed by atoms with Gasteiger partial charge in [-0.25, -0.2) is 9.59 Å². The summed E-state index contributed by atoms with van der Waals surface area (Å²) in [6.07, 6.45) is 2.31. The average Bonchev–Trinajstić information content (AvgIpc) is 2.50. The summed E-state index contributed by atoms with van der Waals surface area (Å²) < 4.78 is 0. The first kappa shape index (κ1) is 19.2. The van der Waals surface area contributed by atoms with Crippen molar-refractivity contribution in [2.75, 3.05) is 0 Å². The predicted octanol–water partition coefficient (Wildman–Crippen LogP) is 3.55. The zero-order valence-electron chi connectivity index (χ0n) is 15.3. The summed E-state index contributed by atoms with van der Waals surface area (Å²) >= 11 is 0. The predicted molar refractivity (Wildman–Crippen MR) is 96.2 cm³/mol. The van der Waals surface area contributed by atoms with Crippen LogP contribution in [0, 0.1) is 5.92 Å². The number of rotatable bonds is 5. The molecule has 0 bridgehead atoms. The van der Waals surface area contributed by atoms with Gasteiger partial charge in [-0.05, 0) is 46.1 Å². The van der Waals surface area contributed by atoms with Crippen LogP contribution in [0.4, 0.5) is 0 Å². The molecule has 2 rings (SSSR count). The van der Waals surface area contributed by atoms with Crippen LogP contribution in [-0.2, 0) is 16.1 Å². The van der Waals surface area contributed by atoms with E-state index >= 15 is 0 Å². The van der Waals surface area contributed by atoms with Crippen LogP contribution < -0.4 is 0 Å². The number of benzene rings is 1. The number of piperidine rings is 1. The Hall–Kier alpha value is -2.14. The van der Waals surface area contributed by atoms with Crippen molar-refractivity contribution < 1.29 is 19.8 Å². The Labute approximate surface area is 149 Å². The van der Waals surface area contributed by atoms with Gasteiger partial charge in [0.05, 0.1) is 0 Å². The molecule has 5 nitrogen and oxygen atoms in total. The minimum Gasteiger partial charge on any atom is -0.478 e. The SMILES string of the molecule is CC1(C)CCC(/C(=C/C(=O)O)C(=O)O)C(C)(C)N1Cc1ccccc1. The van der Waals surface area contributed by atoms with Gasteiger partial charge in [-0.1, -0.05) is 30.3 Å². The van der Waals surface area contributed by atoms with Gasteiger partial charge in [0.25, 0.3) is 0 Å². The van der Waals surface area contributed by atoms with Crippen molar-refractivity contribution in [1.82, 2.24) is 4.90 Å². The molecule has 1 heterocycles. The molecule has 0 amide bonds. The van der Waals surface area contributed by atoms with Gasteiger partial charge < -0.3 is 10.2 Å².